The van der Waals surface area contributed by atoms with Gasteiger partial charge >= 0.3 is 0 Å². The minimum absolute atomic E-state index is 0.0246. The predicted octanol–water partition coefficient (Wildman–Crippen LogP) is 0.781. The van der Waals surface area contributed by atoms with Crippen LogP contribution in [0, 0.1) is 0 Å². The van der Waals surface area contributed by atoms with Crippen LogP contribution in [0.25, 0.3) is 10.9 Å². The van der Waals surface area contributed by atoms with Crippen molar-refractivity contribution in [2.24, 2.45) is 0 Å². The Kier molecular flexibility index (Phi) is 6.39. The average Bonchev–Trinajstić information content (AvgIpc) is 3.04. The summed E-state index contributed by atoms with van der Waals surface area (Å²) >= 11 is 0. The second-order valence-corrected chi connectivity index (χ2v) is 9.25. The second kappa shape index (κ2) is 8.60. The Bertz CT molecular complexity index is 931. The number of benzene rings is 1. The van der Waals surface area contributed by atoms with Crippen LogP contribution in [0.5, 0.6) is 0 Å². The molecule has 1 amide bonds. The van der Waals surface area contributed by atoms with Crippen molar-refractivity contribution in [3.63, 3.8) is 0 Å². The highest BCUT2D eigenvalue weighted by molar-refractivity contribution is 7.86. The molecule has 0 bridgehead atoms. The molecule has 0 saturated carbocycles. The van der Waals surface area contributed by atoms with Crippen molar-refractivity contribution in [1.29, 1.82) is 0 Å². The molecular formula is C19H28N4O4S. The molecule has 2 aromatic rings. The third kappa shape index (κ3) is 4.22. The quantitative estimate of drug-likeness (QED) is 0.679. The molecule has 1 fully saturated rings. The Morgan fingerprint density at radius 3 is 2.46 bits per heavy atom. The van der Waals surface area contributed by atoms with E-state index in [1.54, 1.807) is 12.0 Å². The first-order valence-electron chi connectivity index (χ1n) is 9.35. The van der Waals surface area contributed by atoms with E-state index in [-0.39, 0.29) is 5.91 Å². The average molecular weight is 409 g/mol. The number of hydrogen-bond donors (Lipinski definition) is 0. The van der Waals surface area contributed by atoms with E-state index in [1.807, 2.05) is 30.5 Å². The van der Waals surface area contributed by atoms with Crippen LogP contribution in [0.3, 0.4) is 0 Å². The van der Waals surface area contributed by atoms with Crippen LogP contribution < -0.4 is 0 Å². The standard InChI is InChI=1S/C19H28N4O4S/c1-20(2)28(25,26)23-10-8-21(9-11-23)19(24)14-16-15-22(12-13-27-3)18-7-5-4-6-17(16)18/h4-7,15H,8-14H2,1-3H3. The highest BCUT2D eigenvalue weighted by Gasteiger charge is 2.30. The Morgan fingerprint density at radius 2 is 1.82 bits per heavy atom. The van der Waals surface area contributed by atoms with E-state index >= 15 is 0 Å². The number of rotatable bonds is 7. The molecule has 9 heteroatoms. The van der Waals surface area contributed by atoms with Crippen molar-refractivity contribution in [3.05, 3.63) is 36.0 Å². The van der Waals surface area contributed by atoms with Gasteiger partial charge in [-0.15, -0.1) is 0 Å². The zero-order chi connectivity index (χ0) is 20.3. The molecule has 28 heavy (non-hydrogen) atoms. The van der Waals surface area contributed by atoms with Crippen molar-refractivity contribution in [1.82, 2.24) is 18.1 Å². The Morgan fingerprint density at radius 1 is 1.14 bits per heavy atom. The van der Waals surface area contributed by atoms with Crippen LogP contribution in [-0.2, 0) is 32.7 Å². The molecular weight excluding hydrogens is 380 g/mol. The van der Waals surface area contributed by atoms with Gasteiger partial charge in [0.2, 0.25) is 5.91 Å². The van der Waals surface area contributed by atoms with Crippen LogP contribution >= 0.6 is 0 Å². The minimum Gasteiger partial charge on any atom is -0.383 e. The van der Waals surface area contributed by atoms with Gasteiger partial charge in [-0.2, -0.15) is 17.0 Å². The number of hydrogen-bond acceptors (Lipinski definition) is 4. The summed E-state index contributed by atoms with van der Waals surface area (Å²) in [6, 6.07) is 8.04. The summed E-state index contributed by atoms with van der Waals surface area (Å²) in [5.41, 5.74) is 2.07. The van der Waals surface area contributed by atoms with E-state index in [0.717, 1.165) is 23.0 Å². The van der Waals surface area contributed by atoms with Gasteiger partial charge in [0.05, 0.1) is 13.0 Å². The lowest BCUT2D eigenvalue weighted by Crippen LogP contribution is -2.53. The molecule has 3 rings (SSSR count). The lowest BCUT2D eigenvalue weighted by Gasteiger charge is -2.35. The lowest BCUT2D eigenvalue weighted by atomic mass is 10.1. The third-order valence-corrected chi connectivity index (χ3v) is 7.07. The smallest absolute Gasteiger partial charge is 0.281 e. The maximum atomic E-state index is 12.8. The number of aromatic nitrogens is 1. The SMILES string of the molecule is COCCn1cc(CC(=O)N2CCN(S(=O)(=O)N(C)C)CC2)c2ccccc21. The zero-order valence-corrected chi connectivity index (χ0v) is 17.5. The summed E-state index contributed by atoms with van der Waals surface area (Å²) < 4.78 is 34.4. The van der Waals surface area contributed by atoms with Crippen LogP contribution in [0.15, 0.2) is 30.5 Å². The number of carbonyl (C=O) groups is 1. The second-order valence-electron chi connectivity index (χ2n) is 7.10. The molecule has 2 heterocycles. The van der Waals surface area contributed by atoms with Crippen LogP contribution in [0.1, 0.15) is 5.56 Å². The van der Waals surface area contributed by atoms with Gasteiger partial charge in [-0.1, -0.05) is 18.2 Å². The highest BCUT2D eigenvalue weighted by Crippen LogP contribution is 2.23. The van der Waals surface area contributed by atoms with Crippen molar-refractivity contribution < 1.29 is 17.9 Å². The first kappa shape index (κ1) is 20.8. The monoisotopic (exact) mass is 408 g/mol. The maximum Gasteiger partial charge on any atom is 0.281 e. The molecule has 1 aromatic heterocycles. The molecule has 0 N–H and O–H groups in total. The third-order valence-electron chi connectivity index (χ3n) is 5.13. The summed E-state index contributed by atoms with van der Waals surface area (Å²) in [4.78, 5) is 14.6. The van der Waals surface area contributed by atoms with Gasteiger partial charge in [-0.25, -0.2) is 0 Å². The van der Waals surface area contributed by atoms with E-state index in [0.29, 0.717) is 39.2 Å². The maximum absolute atomic E-state index is 12.8. The molecule has 0 unspecified atom stereocenters. The number of nitrogens with zero attached hydrogens (tertiary/aromatic N) is 4. The summed E-state index contributed by atoms with van der Waals surface area (Å²) in [7, 11) is 1.28. The van der Waals surface area contributed by atoms with Gasteiger partial charge < -0.3 is 14.2 Å². The molecule has 154 valence electrons. The first-order valence-corrected chi connectivity index (χ1v) is 10.8. The zero-order valence-electron chi connectivity index (χ0n) is 16.7. The van der Waals surface area contributed by atoms with Gasteiger partial charge in [0.25, 0.3) is 10.2 Å². The predicted molar refractivity (Wildman–Crippen MR) is 108 cm³/mol. The largest absolute Gasteiger partial charge is 0.383 e. The van der Waals surface area contributed by atoms with Gasteiger partial charge in [-0.05, 0) is 11.6 Å². The van der Waals surface area contributed by atoms with Gasteiger partial charge in [0, 0.05) is 71.0 Å². The molecule has 1 saturated heterocycles. The van der Waals surface area contributed by atoms with Crippen LogP contribution in [0.2, 0.25) is 0 Å². The number of methoxy groups -OCH3 is 1. The number of para-hydroxylation sites is 1. The first-order chi connectivity index (χ1) is 13.3. The Labute approximate surface area is 166 Å². The van der Waals surface area contributed by atoms with E-state index in [4.69, 9.17) is 4.74 Å². The molecule has 0 radical (unpaired) electrons. The molecule has 0 aliphatic carbocycles. The van der Waals surface area contributed by atoms with Gasteiger partial charge in [0.1, 0.15) is 0 Å². The summed E-state index contributed by atoms with van der Waals surface area (Å²) in [6.45, 7) is 2.80. The highest BCUT2D eigenvalue weighted by atomic mass is 32.2. The van der Waals surface area contributed by atoms with Crippen molar-refractivity contribution in [2.75, 3.05) is 54.0 Å². The molecule has 0 atom stereocenters. The van der Waals surface area contributed by atoms with E-state index < -0.39 is 10.2 Å². The normalized spacial score (nSPS) is 16.2. The van der Waals surface area contributed by atoms with E-state index in [1.165, 1.54) is 22.7 Å². The number of piperazine rings is 1. The molecule has 1 aromatic carbocycles. The summed E-state index contributed by atoms with van der Waals surface area (Å²) in [6.07, 6.45) is 2.33. The molecule has 8 nitrogen and oxygen atoms in total. The van der Waals surface area contributed by atoms with E-state index in [9.17, 15) is 13.2 Å². The van der Waals surface area contributed by atoms with Crippen molar-refractivity contribution in [2.45, 2.75) is 13.0 Å². The van der Waals surface area contributed by atoms with Gasteiger partial charge in [0.15, 0.2) is 0 Å². The number of carbonyl (C=O) groups excluding carboxylic acids is 1. The fraction of sp³-hybridized carbons (Fsp3) is 0.526. The number of ether oxygens (including phenoxy) is 1. The fourth-order valence-electron chi connectivity index (χ4n) is 3.51. The molecule has 1 aliphatic rings. The number of amides is 1. The number of fused-ring (bicyclic) bond motifs is 1. The molecule has 0 spiro atoms. The molecule has 1 aliphatic heterocycles. The summed E-state index contributed by atoms with van der Waals surface area (Å²) in [5.74, 6) is 0.0246. The van der Waals surface area contributed by atoms with E-state index in [2.05, 4.69) is 4.57 Å². The van der Waals surface area contributed by atoms with Gasteiger partial charge in [-0.3, -0.25) is 4.79 Å². The fourth-order valence-corrected chi connectivity index (χ4v) is 4.60. The topological polar surface area (TPSA) is 75.1 Å². The lowest BCUT2D eigenvalue weighted by molar-refractivity contribution is -0.131. The Hall–Kier alpha value is -1.94. The van der Waals surface area contributed by atoms with Crippen LogP contribution in [-0.4, -0.2) is 86.4 Å². The van der Waals surface area contributed by atoms with Crippen molar-refractivity contribution in [3.8, 4) is 0 Å². The van der Waals surface area contributed by atoms with Crippen LogP contribution in [0.4, 0.5) is 0 Å². The Balaban J connectivity index is 1.69. The minimum atomic E-state index is -3.43. The van der Waals surface area contributed by atoms with Crippen molar-refractivity contribution >= 4 is 27.0 Å². The summed E-state index contributed by atoms with van der Waals surface area (Å²) in [5, 5.41) is 1.07.